The summed E-state index contributed by atoms with van der Waals surface area (Å²) in [6, 6.07) is 10.7. The fraction of sp³-hybridized carbons (Fsp3) is 0.176. The fourth-order valence-corrected chi connectivity index (χ4v) is 3.23. The summed E-state index contributed by atoms with van der Waals surface area (Å²) in [7, 11) is -4.04. The van der Waals surface area contributed by atoms with E-state index in [4.69, 9.17) is 11.6 Å². The molecule has 2 aromatic rings. The van der Waals surface area contributed by atoms with Crippen molar-refractivity contribution >= 4 is 39.2 Å². The molecule has 0 aliphatic heterocycles. The molecule has 0 saturated heterocycles. The maximum absolute atomic E-state index is 12.1. The first-order valence-corrected chi connectivity index (χ1v) is 9.65. The average Bonchev–Trinajstić information content (AvgIpc) is 2.59. The Balaban J connectivity index is 2.00. The van der Waals surface area contributed by atoms with Crippen molar-refractivity contribution in [3.63, 3.8) is 0 Å². The quantitative estimate of drug-likeness (QED) is 0.699. The van der Waals surface area contributed by atoms with Gasteiger partial charge in [0, 0.05) is 22.8 Å². The lowest BCUT2D eigenvalue weighted by atomic mass is 10.2. The van der Waals surface area contributed by atoms with Gasteiger partial charge in [0.25, 0.3) is 15.9 Å². The molecule has 7 nitrogen and oxygen atoms in total. The second-order valence-electron chi connectivity index (χ2n) is 5.35. The van der Waals surface area contributed by atoms with Gasteiger partial charge >= 0.3 is 6.03 Å². The first-order valence-electron chi connectivity index (χ1n) is 7.79. The third-order valence-corrected chi connectivity index (χ3v) is 4.84. The number of hydrogen-bond donors (Lipinski definition) is 3. The van der Waals surface area contributed by atoms with E-state index < -0.39 is 16.1 Å². The molecule has 0 saturated carbocycles. The van der Waals surface area contributed by atoms with Crippen molar-refractivity contribution in [2.24, 2.45) is 0 Å². The molecule has 0 aliphatic carbocycles. The van der Waals surface area contributed by atoms with Crippen molar-refractivity contribution in [3.05, 3.63) is 59.1 Å². The van der Waals surface area contributed by atoms with E-state index in [-0.39, 0.29) is 15.8 Å². The SMILES string of the molecule is CCCNC(=O)c1ccc(NC(=O)NS(=O)(=O)c2cccc(Cl)c2)cc1. The van der Waals surface area contributed by atoms with Gasteiger partial charge < -0.3 is 10.6 Å². The van der Waals surface area contributed by atoms with E-state index in [0.29, 0.717) is 17.8 Å². The summed E-state index contributed by atoms with van der Waals surface area (Å²) in [6.07, 6.45) is 0.826. The molecule has 0 aliphatic rings. The van der Waals surface area contributed by atoms with Crippen LogP contribution in [0.4, 0.5) is 10.5 Å². The topological polar surface area (TPSA) is 104 Å². The number of hydrogen-bond acceptors (Lipinski definition) is 4. The molecule has 0 heterocycles. The highest BCUT2D eigenvalue weighted by Crippen LogP contribution is 2.15. The molecule has 2 aromatic carbocycles. The van der Waals surface area contributed by atoms with E-state index in [9.17, 15) is 18.0 Å². The Morgan fingerprint density at radius 3 is 2.38 bits per heavy atom. The Hall–Kier alpha value is -2.58. The summed E-state index contributed by atoms with van der Waals surface area (Å²) in [5, 5.41) is 5.37. The lowest BCUT2D eigenvalue weighted by molar-refractivity contribution is 0.0953. The average molecular weight is 396 g/mol. The van der Waals surface area contributed by atoms with Crippen LogP contribution in [-0.4, -0.2) is 26.9 Å². The monoisotopic (exact) mass is 395 g/mol. The molecule has 3 N–H and O–H groups in total. The van der Waals surface area contributed by atoms with Gasteiger partial charge in [0.05, 0.1) is 4.90 Å². The molecule has 0 bridgehead atoms. The van der Waals surface area contributed by atoms with Crippen LogP contribution in [0.25, 0.3) is 0 Å². The molecule has 9 heteroatoms. The van der Waals surface area contributed by atoms with Gasteiger partial charge in [0.2, 0.25) is 0 Å². The van der Waals surface area contributed by atoms with Gasteiger partial charge in [-0.3, -0.25) is 4.79 Å². The number of amides is 3. The van der Waals surface area contributed by atoms with Crippen LogP contribution in [0.5, 0.6) is 0 Å². The molecular weight excluding hydrogens is 378 g/mol. The minimum Gasteiger partial charge on any atom is -0.352 e. The molecule has 0 fully saturated rings. The van der Waals surface area contributed by atoms with Crippen molar-refractivity contribution in [3.8, 4) is 0 Å². The van der Waals surface area contributed by atoms with Crippen LogP contribution in [0.1, 0.15) is 23.7 Å². The summed E-state index contributed by atoms with van der Waals surface area (Å²) in [6.45, 7) is 2.52. The number of sulfonamides is 1. The zero-order valence-corrected chi connectivity index (χ0v) is 15.5. The molecule has 0 unspecified atom stereocenters. The third kappa shape index (κ3) is 5.47. The van der Waals surface area contributed by atoms with Crippen molar-refractivity contribution < 1.29 is 18.0 Å². The largest absolute Gasteiger partial charge is 0.352 e. The van der Waals surface area contributed by atoms with E-state index in [1.165, 1.54) is 48.5 Å². The molecule has 0 atom stereocenters. The number of carbonyl (C=O) groups excluding carboxylic acids is 2. The van der Waals surface area contributed by atoms with Crippen LogP contribution in [0.3, 0.4) is 0 Å². The van der Waals surface area contributed by atoms with Crippen molar-refractivity contribution in [2.45, 2.75) is 18.2 Å². The highest BCUT2D eigenvalue weighted by Gasteiger charge is 2.18. The summed E-state index contributed by atoms with van der Waals surface area (Å²) < 4.78 is 26.2. The molecule has 0 radical (unpaired) electrons. The standard InChI is InChI=1S/C17H18ClN3O4S/c1-2-10-19-16(22)12-6-8-14(9-7-12)20-17(23)21-26(24,25)15-5-3-4-13(18)11-15/h3-9,11H,2,10H2,1H3,(H,19,22)(H2,20,21,23). The van der Waals surface area contributed by atoms with Crippen LogP contribution in [0.15, 0.2) is 53.4 Å². The maximum Gasteiger partial charge on any atom is 0.333 e. The van der Waals surface area contributed by atoms with Gasteiger partial charge in [-0.15, -0.1) is 0 Å². The number of rotatable bonds is 6. The molecule has 3 amide bonds. The minimum atomic E-state index is -4.04. The molecule has 138 valence electrons. The molecular formula is C17H18ClN3O4S. The van der Waals surface area contributed by atoms with Gasteiger partial charge in [-0.05, 0) is 48.9 Å². The Morgan fingerprint density at radius 2 is 1.77 bits per heavy atom. The van der Waals surface area contributed by atoms with Gasteiger partial charge in [-0.25, -0.2) is 17.9 Å². The first-order chi connectivity index (χ1) is 12.3. The Labute approximate surface area is 156 Å². The number of nitrogens with one attached hydrogen (secondary N) is 3. The summed E-state index contributed by atoms with van der Waals surface area (Å²) in [5.41, 5.74) is 0.784. The van der Waals surface area contributed by atoms with E-state index >= 15 is 0 Å². The fourth-order valence-electron chi connectivity index (χ4n) is 2.02. The van der Waals surface area contributed by atoms with Gasteiger partial charge in [-0.1, -0.05) is 24.6 Å². The zero-order chi connectivity index (χ0) is 19.2. The van der Waals surface area contributed by atoms with E-state index in [0.717, 1.165) is 6.42 Å². The number of urea groups is 1. The normalized spacial score (nSPS) is 10.8. The second kappa shape index (κ2) is 8.68. The second-order valence-corrected chi connectivity index (χ2v) is 7.47. The van der Waals surface area contributed by atoms with Crippen molar-refractivity contribution in [2.75, 3.05) is 11.9 Å². The number of carbonyl (C=O) groups is 2. The number of benzene rings is 2. The number of halogens is 1. The Morgan fingerprint density at radius 1 is 1.08 bits per heavy atom. The van der Waals surface area contributed by atoms with E-state index in [1.54, 1.807) is 0 Å². The van der Waals surface area contributed by atoms with Crippen LogP contribution in [0.2, 0.25) is 5.02 Å². The minimum absolute atomic E-state index is 0.122. The Kier molecular flexibility index (Phi) is 6.59. The van der Waals surface area contributed by atoms with Crippen molar-refractivity contribution in [1.29, 1.82) is 0 Å². The van der Waals surface area contributed by atoms with Crippen LogP contribution in [0, 0.1) is 0 Å². The summed E-state index contributed by atoms with van der Waals surface area (Å²) in [5.74, 6) is -0.216. The zero-order valence-electron chi connectivity index (χ0n) is 14.0. The Bertz CT molecular complexity index is 898. The highest BCUT2D eigenvalue weighted by atomic mass is 35.5. The molecule has 0 aromatic heterocycles. The van der Waals surface area contributed by atoms with Crippen LogP contribution < -0.4 is 15.4 Å². The molecule has 2 rings (SSSR count). The van der Waals surface area contributed by atoms with Gasteiger partial charge in [0.15, 0.2) is 0 Å². The summed E-state index contributed by atoms with van der Waals surface area (Å²) >= 11 is 5.76. The lowest BCUT2D eigenvalue weighted by Gasteiger charge is -2.09. The molecule has 0 spiro atoms. The molecule has 26 heavy (non-hydrogen) atoms. The predicted molar refractivity (Wildman–Crippen MR) is 99.9 cm³/mol. The first kappa shape index (κ1) is 19.7. The van der Waals surface area contributed by atoms with Crippen LogP contribution in [-0.2, 0) is 10.0 Å². The summed E-state index contributed by atoms with van der Waals surface area (Å²) in [4.78, 5) is 23.6. The third-order valence-electron chi connectivity index (χ3n) is 3.27. The lowest BCUT2D eigenvalue weighted by Crippen LogP contribution is -2.34. The highest BCUT2D eigenvalue weighted by molar-refractivity contribution is 7.90. The predicted octanol–water partition coefficient (Wildman–Crippen LogP) is 2.99. The van der Waals surface area contributed by atoms with E-state index in [2.05, 4.69) is 10.6 Å². The maximum atomic E-state index is 12.1. The van der Waals surface area contributed by atoms with E-state index in [1.807, 2.05) is 11.6 Å². The van der Waals surface area contributed by atoms with Gasteiger partial charge in [-0.2, -0.15) is 0 Å². The van der Waals surface area contributed by atoms with Crippen LogP contribution >= 0.6 is 11.6 Å². The number of anilines is 1. The van der Waals surface area contributed by atoms with Gasteiger partial charge in [0.1, 0.15) is 0 Å². The smallest absolute Gasteiger partial charge is 0.333 e. The van der Waals surface area contributed by atoms with Crippen molar-refractivity contribution in [1.82, 2.24) is 10.0 Å².